The molecule has 0 unspecified atom stereocenters. The van der Waals surface area contributed by atoms with Gasteiger partial charge in [0.05, 0.1) is 5.75 Å². The summed E-state index contributed by atoms with van der Waals surface area (Å²) in [6, 6.07) is 9.48. The van der Waals surface area contributed by atoms with Crippen molar-refractivity contribution in [2.45, 2.75) is 49.6 Å². The number of nitrogens with one attached hydrogen (secondary N) is 1. The molecule has 1 heterocycles. The third kappa shape index (κ3) is 4.24. The minimum atomic E-state index is 0.174. The Hall–Kier alpha value is -1.00. The van der Waals surface area contributed by atoms with E-state index in [4.69, 9.17) is 0 Å². The number of rotatable bonds is 5. The average molecular weight is 304 g/mol. The smallest absolute Gasteiger partial charge is 0.230 e. The summed E-state index contributed by atoms with van der Waals surface area (Å²) in [7, 11) is 0. The van der Waals surface area contributed by atoms with Crippen LogP contribution in [0.1, 0.15) is 31.2 Å². The lowest BCUT2D eigenvalue weighted by Crippen LogP contribution is -2.45. The molecule has 2 aliphatic rings. The van der Waals surface area contributed by atoms with E-state index in [-0.39, 0.29) is 5.91 Å². The summed E-state index contributed by atoms with van der Waals surface area (Å²) >= 11 is 1.64. The van der Waals surface area contributed by atoms with Crippen molar-refractivity contribution in [3.05, 3.63) is 29.8 Å². The Morgan fingerprint density at radius 3 is 2.62 bits per heavy atom. The third-order valence-electron chi connectivity index (χ3n) is 4.41. The molecule has 0 atom stereocenters. The molecule has 0 spiro atoms. The molecule has 1 N–H and O–H groups in total. The van der Waals surface area contributed by atoms with E-state index in [2.05, 4.69) is 29.3 Å². The zero-order valence-electron chi connectivity index (χ0n) is 12.7. The Morgan fingerprint density at radius 1 is 1.24 bits per heavy atom. The van der Waals surface area contributed by atoms with Crippen LogP contribution in [-0.2, 0) is 4.79 Å². The van der Waals surface area contributed by atoms with Crippen LogP contribution in [-0.4, -0.2) is 41.7 Å². The van der Waals surface area contributed by atoms with Crippen LogP contribution in [0.3, 0.4) is 0 Å². The van der Waals surface area contributed by atoms with Gasteiger partial charge in [0.15, 0.2) is 0 Å². The van der Waals surface area contributed by atoms with Crippen LogP contribution in [0.5, 0.6) is 0 Å². The molecule has 1 aliphatic carbocycles. The second-order valence-corrected chi connectivity index (χ2v) is 7.18. The van der Waals surface area contributed by atoms with Crippen LogP contribution in [0, 0.1) is 6.92 Å². The number of carbonyl (C=O) groups excluding carboxylic acids is 1. The number of hydrogen-bond acceptors (Lipinski definition) is 3. The van der Waals surface area contributed by atoms with E-state index < -0.39 is 0 Å². The molecule has 0 aromatic heterocycles. The van der Waals surface area contributed by atoms with Crippen molar-refractivity contribution in [1.29, 1.82) is 0 Å². The van der Waals surface area contributed by atoms with Crippen molar-refractivity contribution in [2.75, 3.05) is 18.8 Å². The van der Waals surface area contributed by atoms with Crippen LogP contribution in [0.25, 0.3) is 0 Å². The summed E-state index contributed by atoms with van der Waals surface area (Å²) in [5.74, 6) is 0.696. The first-order chi connectivity index (χ1) is 10.2. The van der Waals surface area contributed by atoms with Gasteiger partial charge in [-0.2, -0.15) is 0 Å². The van der Waals surface area contributed by atoms with Gasteiger partial charge in [-0.25, -0.2) is 0 Å². The second kappa shape index (κ2) is 6.84. The molecule has 1 aliphatic heterocycles. The Balaban J connectivity index is 1.39. The number of benzene rings is 1. The maximum Gasteiger partial charge on any atom is 0.230 e. The van der Waals surface area contributed by atoms with Gasteiger partial charge < -0.3 is 10.2 Å². The molecule has 4 heteroatoms. The highest BCUT2D eigenvalue weighted by Gasteiger charge is 2.31. The van der Waals surface area contributed by atoms with Crippen LogP contribution in [0.4, 0.5) is 0 Å². The fourth-order valence-corrected chi connectivity index (χ4v) is 3.82. The topological polar surface area (TPSA) is 32.3 Å². The largest absolute Gasteiger partial charge is 0.353 e. The number of amides is 1. The summed E-state index contributed by atoms with van der Waals surface area (Å²) in [5.41, 5.74) is 1.24. The third-order valence-corrected chi connectivity index (χ3v) is 5.59. The van der Waals surface area contributed by atoms with E-state index in [1.807, 2.05) is 12.1 Å². The summed E-state index contributed by atoms with van der Waals surface area (Å²) in [6.45, 7) is 4.40. The van der Waals surface area contributed by atoms with Gasteiger partial charge in [-0.1, -0.05) is 18.2 Å². The molecule has 114 valence electrons. The van der Waals surface area contributed by atoms with Crippen molar-refractivity contribution < 1.29 is 4.79 Å². The number of thioether (sulfide) groups is 1. The highest BCUT2D eigenvalue weighted by atomic mass is 32.2. The Bertz CT molecular complexity index is 493. The highest BCUT2D eigenvalue weighted by molar-refractivity contribution is 8.00. The number of likely N-dealkylation sites (tertiary alicyclic amines) is 1. The fourth-order valence-electron chi connectivity index (χ4n) is 2.98. The summed E-state index contributed by atoms with van der Waals surface area (Å²) in [6.07, 6.45) is 4.97. The van der Waals surface area contributed by atoms with Crippen molar-refractivity contribution in [2.24, 2.45) is 0 Å². The van der Waals surface area contributed by atoms with Gasteiger partial charge in [-0.3, -0.25) is 4.79 Å². The zero-order valence-corrected chi connectivity index (χ0v) is 13.5. The predicted molar refractivity (Wildman–Crippen MR) is 87.7 cm³/mol. The SMILES string of the molecule is Cc1ccccc1SCC(=O)NC1CCN(C2CC2)CC1. The molecular weight excluding hydrogens is 280 g/mol. The van der Waals surface area contributed by atoms with E-state index in [0.717, 1.165) is 32.0 Å². The molecule has 21 heavy (non-hydrogen) atoms. The van der Waals surface area contributed by atoms with Gasteiger partial charge >= 0.3 is 0 Å². The number of carbonyl (C=O) groups is 1. The Labute approximate surface area is 131 Å². The van der Waals surface area contributed by atoms with Gasteiger partial charge in [0.2, 0.25) is 5.91 Å². The summed E-state index contributed by atoms with van der Waals surface area (Å²) in [5, 5.41) is 3.20. The maximum atomic E-state index is 12.1. The zero-order chi connectivity index (χ0) is 14.7. The maximum absolute atomic E-state index is 12.1. The molecule has 0 radical (unpaired) electrons. The lowest BCUT2D eigenvalue weighted by Gasteiger charge is -2.32. The first-order valence-electron chi connectivity index (χ1n) is 7.94. The first-order valence-corrected chi connectivity index (χ1v) is 8.93. The number of aryl methyl sites for hydroxylation is 1. The quantitative estimate of drug-likeness (QED) is 0.849. The summed E-state index contributed by atoms with van der Waals surface area (Å²) < 4.78 is 0. The van der Waals surface area contributed by atoms with Crippen molar-refractivity contribution in [3.8, 4) is 0 Å². The van der Waals surface area contributed by atoms with E-state index >= 15 is 0 Å². The fraction of sp³-hybridized carbons (Fsp3) is 0.588. The monoisotopic (exact) mass is 304 g/mol. The minimum absolute atomic E-state index is 0.174. The van der Waals surface area contributed by atoms with Crippen LogP contribution in [0.2, 0.25) is 0 Å². The number of hydrogen-bond donors (Lipinski definition) is 1. The van der Waals surface area contributed by atoms with Gasteiger partial charge in [0.25, 0.3) is 0 Å². The molecule has 3 rings (SSSR count). The first kappa shape index (κ1) is 14.9. The highest BCUT2D eigenvalue weighted by Crippen LogP contribution is 2.29. The molecular formula is C17H24N2OS. The normalized spacial score (nSPS) is 20.4. The Morgan fingerprint density at radius 2 is 1.95 bits per heavy atom. The molecule has 2 fully saturated rings. The second-order valence-electron chi connectivity index (χ2n) is 6.16. The van der Waals surface area contributed by atoms with Gasteiger partial charge in [0, 0.05) is 30.1 Å². The minimum Gasteiger partial charge on any atom is -0.353 e. The molecule has 1 aromatic carbocycles. The average Bonchev–Trinajstić information content (AvgIpc) is 3.32. The summed E-state index contributed by atoms with van der Waals surface area (Å²) in [4.78, 5) is 15.9. The lowest BCUT2D eigenvalue weighted by molar-refractivity contribution is -0.119. The molecule has 3 nitrogen and oxygen atoms in total. The van der Waals surface area contributed by atoms with E-state index in [9.17, 15) is 4.79 Å². The van der Waals surface area contributed by atoms with Crippen LogP contribution < -0.4 is 5.32 Å². The molecule has 1 aromatic rings. The standard InChI is InChI=1S/C17H24N2OS/c1-13-4-2-3-5-16(13)21-12-17(20)18-14-8-10-19(11-9-14)15-6-7-15/h2-5,14-15H,6-12H2,1H3,(H,18,20). The van der Waals surface area contributed by atoms with Crippen LogP contribution >= 0.6 is 11.8 Å². The van der Waals surface area contributed by atoms with Crippen molar-refractivity contribution in [3.63, 3.8) is 0 Å². The van der Waals surface area contributed by atoms with Crippen molar-refractivity contribution in [1.82, 2.24) is 10.2 Å². The van der Waals surface area contributed by atoms with Gasteiger partial charge in [-0.15, -0.1) is 11.8 Å². The molecule has 1 amide bonds. The van der Waals surface area contributed by atoms with Gasteiger partial charge in [0.1, 0.15) is 0 Å². The lowest BCUT2D eigenvalue weighted by atomic mass is 10.1. The predicted octanol–water partition coefficient (Wildman–Crippen LogP) is 2.83. The molecule has 1 saturated heterocycles. The van der Waals surface area contributed by atoms with Crippen LogP contribution in [0.15, 0.2) is 29.2 Å². The van der Waals surface area contributed by atoms with E-state index in [0.29, 0.717) is 11.8 Å². The number of piperidine rings is 1. The Kier molecular flexibility index (Phi) is 4.86. The van der Waals surface area contributed by atoms with Gasteiger partial charge in [-0.05, 0) is 44.2 Å². The van der Waals surface area contributed by atoms with E-state index in [1.165, 1.54) is 23.3 Å². The van der Waals surface area contributed by atoms with E-state index in [1.54, 1.807) is 11.8 Å². The van der Waals surface area contributed by atoms with Crippen molar-refractivity contribution >= 4 is 17.7 Å². The molecule has 0 bridgehead atoms. The molecule has 1 saturated carbocycles. The number of nitrogens with zero attached hydrogens (tertiary/aromatic N) is 1.